The topological polar surface area (TPSA) is 55.6 Å². The van der Waals surface area contributed by atoms with Gasteiger partial charge in [0.15, 0.2) is 0 Å². The molecule has 1 fully saturated rings. The fraction of sp³-hybridized carbons (Fsp3) is 0.533. The average molecular weight is 299 g/mol. The number of hydrogen-bond donors (Lipinski definition) is 1. The lowest BCUT2D eigenvalue weighted by atomic mass is 10.0. The molecule has 0 aromatic heterocycles. The highest BCUT2D eigenvalue weighted by atomic mass is 35.5. The van der Waals surface area contributed by atoms with Crippen LogP contribution in [-0.4, -0.2) is 37.1 Å². The van der Waals surface area contributed by atoms with Gasteiger partial charge in [-0.2, -0.15) is 0 Å². The van der Waals surface area contributed by atoms with E-state index in [0.717, 1.165) is 37.2 Å². The molecule has 0 saturated carbocycles. The molecule has 5 heteroatoms. The van der Waals surface area contributed by atoms with Gasteiger partial charge in [-0.1, -0.05) is 18.2 Å². The van der Waals surface area contributed by atoms with Crippen molar-refractivity contribution in [1.29, 1.82) is 0 Å². The standard InChI is InChI=1S/C15H22N2O2.ClH/c1-19-13-6-4-10-17(11-13)15(18)9-8-12-5-2-3-7-14(12)16;/h2-3,5,7,13H,4,6,8-11,16H2,1H3;1H. The predicted molar refractivity (Wildman–Crippen MR) is 83.0 cm³/mol. The third kappa shape index (κ3) is 4.39. The van der Waals surface area contributed by atoms with Crippen LogP contribution in [0.1, 0.15) is 24.8 Å². The molecule has 1 heterocycles. The van der Waals surface area contributed by atoms with Crippen molar-refractivity contribution in [3.05, 3.63) is 29.8 Å². The maximum absolute atomic E-state index is 12.2. The number of likely N-dealkylation sites (tertiary alicyclic amines) is 1. The number of nitrogen functional groups attached to an aromatic ring is 1. The van der Waals surface area contributed by atoms with Crippen molar-refractivity contribution in [2.75, 3.05) is 25.9 Å². The Hall–Kier alpha value is -1.26. The summed E-state index contributed by atoms with van der Waals surface area (Å²) in [6, 6.07) is 7.73. The van der Waals surface area contributed by atoms with Crippen LogP contribution in [0.5, 0.6) is 0 Å². The van der Waals surface area contributed by atoms with Crippen molar-refractivity contribution >= 4 is 24.0 Å². The molecule has 20 heavy (non-hydrogen) atoms. The van der Waals surface area contributed by atoms with Crippen LogP contribution in [0.4, 0.5) is 5.69 Å². The first kappa shape index (κ1) is 16.8. The lowest BCUT2D eigenvalue weighted by Gasteiger charge is -2.32. The fourth-order valence-corrected chi connectivity index (χ4v) is 2.52. The van der Waals surface area contributed by atoms with Crippen molar-refractivity contribution in [2.45, 2.75) is 31.8 Å². The number of rotatable bonds is 4. The summed E-state index contributed by atoms with van der Waals surface area (Å²) in [7, 11) is 1.71. The summed E-state index contributed by atoms with van der Waals surface area (Å²) in [5, 5.41) is 0. The summed E-state index contributed by atoms with van der Waals surface area (Å²) < 4.78 is 5.34. The zero-order valence-electron chi connectivity index (χ0n) is 11.9. The minimum absolute atomic E-state index is 0. The molecule has 1 atom stereocenters. The van der Waals surface area contributed by atoms with Gasteiger partial charge in [0.2, 0.25) is 5.91 Å². The number of anilines is 1. The second kappa shape index (κ2) is 8.12. The number of methoxy groups -OCH3 is 1. The predicted octanol–water partition coefficient (Wildman–Crippen LogP) is 2.26. The van der Waals surface area contributed by atoms with Gasteiger partial charge >= 0.3 is 0 Å². The van der Waals surface area contributed by atoms with Crippen LogP contribution < -0.4 is 5.73 Å². The first-order valence-electron chi connectivity index (χ1n) is 6.84. The number of nitrogens with zero attached hydrogens (tertiary/aromatic N) is 1. The third-order valence-electron chi connectivity index (χ3n) is 3.73. The Bertz CT molecular complexity index is 440. The zero-order valence-corrected chi connectivity index (χ0v) is 12.7. The molecule has 2 N–H and O–H groups in total. The summed E-state index contributed by atoms with van der Waals surface area (Å²) in [5.41, 5.74) is 7.70. The highest BCUT2D eigenvalue weighted by molar-refractivity contribution is 5.85. The second-order valence-corrected chi connectivity index (χ2v) is 5.04. The molecular formula is C15H23ClN2O2. The number of hydrogen-bond acceptors (Lipinski definition) is 3. The highest BCUT2D eigenvalue weighted by Gasteiger charge is 2.22. The van der Waals surface area contributed by atoms with E-state index in [2.05, 4.69) is 0 Å². The zero-order chi connectivity index (χ0) is 13.7. The Kier molecular flexibility index (Phi) is 6.82. The van der Waals surface area contributed by atoms with Gasteiger partial charge in [-0.25, -0.2) is 0 Å². The van der Waals surface area contributed by atoms with Crippen LogP contribution in [-0.2, 0) is 16.0 Å². The maximum Gasteiger partial charge on any atom is 0.222 e. The van der Waals surface area contributed by atoms with E-state index in [9.17, 15) is 4.79 Å². The van der Waals surface area contributed by atoms with Crippen molar-refractivity contribution in [3.8, 4) is 0 Å². The number of aryl methyl sites for hydroxylation is 1. The summed E-state index contributed by atoms with van der Waals surface area (Å²) in [4.78, 5) is 14.1. The van der Waals surface area contributed by atoms with Crippen LogP contribution in [0.15, 0.2) is 24.3 Å². The Balaban J connectivity index is 0.00000200. The summed E-state index contributed by atoms with van der Waals surface area (Å²) in [6.45, 7) is 1.57. The molecule has 0 bridgehead atoms. The van der Waals surface area contributed by atoms with Gasteiger partial charge in [-0.05, 0) is 30.9 Å². The molecule has 0 radical (unpaired) electrons. The first-order valence-corrected chi connectivity index (χ1v) is 6.84. The molecule has 4 nitrogen and oxygen atoms in total. The molecule has 0 aliphatic carbocycles. The van der Waals surface area contributed by atoms with Crippen molar-refractivity contribution in [2.24, 2.45) is 0 Å². The number of amides is 1. The largest absolute Gasteiger partial charge is 0.399 e. The molecule has 1 saturated heterocycles. The van der Waals surface area contributed by atoms with Crippen molar-refractivity contribution in [1.82, 2.24) is 4.90 Å². The lowest BCUT2D eigenvalue weighted by molar-refractivity contribution is -0.134. The van der Waals surface area contributed by atoms with Crippen LogP contribution in [0.3, 0.4) is 0 Å². The van der Waals surface area contributed by atoms with Crippen molar-refractivity contribution in [3.63, 3.8) is 0 Å². The van der Waals surface area contributed by atoms with E-state index in [1.165, 1.54) is 0 Å². The third-order valence-corrected chi connectivity index (χ3v) is 3.73. The van der Waals surface area contributed by atoms with Gasteiger partial charge < -0.3 is 15.4 Å². The number of benzene rings is 1. The lowest BCUT2D eigenvalue weighted by Crippen LogP contribution is -2.42. The van der Waals surface area contributed by atoms with E-state index in [4.69, 9.17) is 10.5 Å². The van der Waals surface area contributed by atoms with Gasteiger partial charge in [-0.15, -0.1) is 12.4 Å². The molecule has 1 aromatic rings. The van der Waals surface area contributed by atoms with Crippen LogP contribution in [0.25, 0.3) is 0 Å². The number of carbonyl (C=O) groups excluding carboxylic acids is 1. The summed E-state index contributed by atoms with van der Waals surface area (Å²) in [5.74, 6) is 0.199. The maximum atomic E-state index is 12.2. The van der Waals surface area contributed by atoms with Crippen LogP contribution in [0, 0.1) is 0 Å². The number of piperidine rings is 1. The summed E-state index contributed by atoms with van der Waals surface area (Å²) >= 11 is 0. The fourth-order valence-electron chi connectivity index (χ4n) is 2.52. The molecule has 1 aliphatic heterocycles. The molecule has 1 unspecified atom stereocenters. The minimum Gasteiger partial charge on any atom is -0.399 e. The van der Waals surface area contributed by atoms with Gasteiger partial charge in [0.05, 0.1) is 6.10 Å². The molecular weight excluding hydrogens is 276 g/mol. The van der Waals surface area contributed by atoms with Gasteiger partial charge in [0.1, 0.15) is 0 Å². The van der Waals surface area contributed by atoms with Crippen molar-refractivity contribution < 1.29 is 9.53 Å². The summed E-state index contributed by atoms with van der Waals surface area (Å²) in [6.07, 6.45) is 3.49. The molecule has 0 spiro atoms. The van der Waals surface area contributed by atoms with E-state index in [-0.39, 0.29) is 24.4 Å². The molecule has 1 aliphatic rings. The average Bonchev–Trinajstić information content (AvgIpc) is 2.46. The smallest absolute Gasteiger partial charge is 0.222 e. The Morgan fingerprint density at radius 1 is 1.45 bits per heavy atom. The van der Waals surface area contributed by atoms with Gasteiger partial charge in [0, 0.05) is 32.3 Å². The molecule has 1 aromatic carbocycles. The van der Waals surface area contributed by atoms with Gasteiger partial charge in [0.25, 0.3) is 0 Å². The molecule has 1 amide bonds. The quantitative estimate of drug-likeness (QED) is 0.868. The highest BCUT2D eigenvalue weighted by Crippen LogP contribution is 2.16. The van der Waals surface area contributed by atoms with E-state index in [1.807, 2.05) is 29.2 Å². The van der Waals surface area contributed by atoms with Crippen LogP contribution in [0.2, 0.25) is 0 Å². The number of nitrogens with two attached hydrogens (primary N) is 1. The Morgan fingerprint density at radius 3 is 2.90 bits per heavy atom. The Labute approximate surface area is 126 Å². The van der Waals surface area contributed by atoms with E-state index >= 15 is 0 Å². The minimum atomic E-state index is 0. The first-order chi connectivity index (χ1) is 9.20. The van der Waals surface area contributed by atoms with Gasteiger partial charge in [-0.3, -0.25) is 4.79 Å². The van der Waals surface area contributed by atoms with E-state index in [0.29, 0.717) is 12.8 Å². The van der Waals surface area contributed by atoms with E-state index in [1.54, 1.807) is 7.11 Å². The second-order valence-electron chi connectivity index (χ2n) is 5.04. The normalized spacial score (nSPS) is 18.4. The monoisotopic (exact) mass is 298 g/mol. The Morgan fingerprint density at radius 2 is 2.20 bits per heavy atom. The van der Waals surface area contributed by atoms with E-state index < -0.39 is 0 Å². The number of ether oxygens (including phenoxy) is 1. The number of carbonyl (C=O) groups is 1. The van der Waals surface area contributed by atoms with Crippen LogP contribution >= 0.6 is 12.4 Å². The SMILES string of the molecule is COC1CCCN(C(=O)CCc2ccccc2N)C1.Cl. The number of halogens is 1. The molecule has 2 rings (SSSR count). The molecule has 112 valence electrons. The number of para-hydroxylation sites is 1.